The molecule has 0 aliphatic rings. The number of nitrogens with zero attached hydrogens (tertiary/aromatic N) is 1. The lowest BCUT2D eigenvalue weighted by Gasteiger charge is -2.04. The van der Waals surface area contributed by atoms with Crippen LogP contribution >= 0.6 is 0 Å². The number of aromatic nitrogens is 1. The van der Waals surface area contributed by atoms with Gasteiger partial charge in [-0.25, -0.2) is 0 Å². The Hall–Kier alpha value is -1.90. The van der Waals surface area contributed by atoms with Crippen LogP contribution in [0.1, 0.15) is 6.92 Å². The third-order valence-electron chi connectivity index (χ3n) is 2.54. The van der Waals surface area contributed by atoms with E-state index in [0.29, 0.717) is 0 Å². The van der Waals surface area contributed by atoms with Gasteiger partial charge in [-0.1, -0.05) is 12.1 Å². The predicted octanol–water partition coefficient (Wildman–Crippen LogP) is 2.34. The monoisotopic (exact) mass is 201 g/mol. The highest BCUT2D eigenvalue weighted by Crippen LogP contribution is 2.27. The van der Waals surface area contributed by atoms with Gasteiger partial charge in [-0.15, -0.1) is 0 Å². The SMILES string of the molecule is CCn1ccc(-c2cccc(N)c2)c1N. The third kappa shape index (κ3) is 1.68. The van der Waals surface area contributed by atoms with Crippen molar-refractivity contribution < 1.29 is 0 Å². The zero-order valence-electron chi connectivity index (χ0n) is 8.77. The Bertz CT molecular complexity index is 471. The number of anilines is 2. The highest BCUT2D eigenvalue weighted by molar-refractivity contribution is 5.76. The first-order valence-electron chi connectivity index (χ1n) is 5.03. The van der Waals surface area contributed by atoms with Gasteiger partial charge in [-0.3, -0.25) is 0 Å². The average molecular weight is 201 g/mol. The number of hydrogen-bond donors (Lipinski definition) is 2. The smallest absolute Gasteiger partial charge is 0.111 e. The fourth-order valence-corrected chi connectivity index (χ4v) is 1.71. The van der Waals surface area contributed by atoms with E-state index in [0.717, 1.165) is 29.2 Å². The highest BCUT2D eigenvalue weighted by Gasteiger charge is 2.06. The second kappa shape index (κ2) is 3.69. The predicted molar refractivity (Wildman–Crippen MR) is 64.4 cm³/mol. The molecule has 2 aromatic rings. The lowest BCUT2D eigenvalue weighted by atomic mass is 10.1. The molecule has 0 aliphatic carbocycles. The number of nitrogen functional groups attached to an aromatic ring is 2. The van der Waals surface area contributed by atoms with Crippen LogP contribution in [0.5, 0.6) is 0 Å². The van der Waals surface area contributed by atoms with Gasteiger partial charge in [0.05, 0.1) is 0 Å². The molecule has 1 heterocycles. The van der Waals surface area contributed by atoms with Crippen molar-refractivity contribution in [3.8, 4) is 11.1 Å². The summed E-state index contributed by atoms with van der Waals surface area (Å²) in [6.07, 6.45) is 1.99. The van der Waals surface area contributed by atoms with Crippen molar-refractivity contribution in [1.29, 1.82) is 0 Å². The standard InChI is InChI=1S/C12H15N3/c1-2-15-7-6-11(12(15)14)9-4-3-5-10(13)8-9/h3-8H,2,13-14H2,1H3. The van der Waals surface area contributed by atoms with Crippen LogP contribution in [0.4, 0.5) is 11.5 Å². The van der Waals surface area contributed by atoms with Gasteiger partial charge in [0.1, 0.15) is 5.82 Å². The van der Waals surface area contributed by atoms with Crippen molar-refractivity contribution in [2.45, 2.75) is 13.5 Å². The fraction of sp³-hybridized carbons (Fsp3) is 0.167. The van der Waals surface area contributed by atoms with E-state index in [1.165, 1.54) is 0 Å². The summed E-state index contributed by atoms with van der Waals surface area (Å²) in [5.74, 6) is 0.795. The molecule has 0 fully saturated rings. The van der Waals surface area contributed by atoms with E-state index in [2.05, 4.69) is 6.92 Å². The molecule has 0 unspecified atom stereocenters. The molecule has 3 nitrogen and oxygen atoms in total. The molecule has 0 spiro atoms. The number of aryl methyl sites for hydroxylation is 1. The third-order valence-corrected chi connectivity index (χ3v) is 2.54. The van der Waals surface area contributed by atoms with Crippen LogP contribution in [0.3, 0.4) is 0 Å². The summed E-state index contributed by atoms with van der Waals surface area (Å²) >= 11 is 0. The topological polar surface area (TPSA) is 57.0 Å². The van der Waals surface area contributed by atoms with E-state index >= 15 is 0 Å². The maximum absolute atomic E-state index is 6.02. The van der Waals surface area contributed by atoms with Gasteiger partial charge in [0, 0.05) is 24.0 Å². The zero-order valence-corrected chi connectivity index (χ0v) is 8.77. The van der Waals surface area contributed by atoms with Crippen molar-refractivity contribution in [1.82, 2.24) is 4.57 Å². The van der Waals surface area contributed by atoms with Gasteiger partial charge < -0.3 is 16.0 Å². The average Bonchev–Trinajstić information content (AvgIpc) is 2.59. The Morgan fingerprint density at radius 3 is 2.60 bits per heavy atom. The van der Waals surface area contributed by atoms with Crippen molar-refractivity contribution in [2.24, 2.45) is 0 Å². The van der Waals surface area contributed by atoms with E-state index in [1.807, 2.05) is 41.1 Å². The minimum absolute atomic E-state index is 0.760. The second-order valence-electron chi connectivity index (χ2n) is 3.53. The normalized spacial score (nSPS) is 10.5. The summed E-state index contributed by atoms with van der Waals surface area (Å²) in [5, 5.41) is 0. The Labute approximate surface area is 89.3 Å². The molecule has 0 atom stereocenters. The first-order chi connectivity index (χ1) is 7.22. The van der Waals surface area contributed by atoms with Gasteiger partial charge in [0.15, 0.2) is 0 Å². The molecular formula is C12H15N3. The zero-order chi connectivity index (χ0) is 10.8. The Kier molecular flexibility index (Phi) is 2.37. The fourth-order valence-electron chi connectivity index (χ4n) is 1.71. The van der Waals surface area contributed by atoms with E-state index in [1.54, 1.807) is 0 Å². The number of benzene rings is 1. The summed E-state index contributed by atoms with van der Waals surface area (Å²) in [5.41, 5.74) is 14.6. The molecule has 0 aliphatic heterocycles. The van der Waals surface area contributed by atoms with E-state index in [4.69, 9.17) is 11.5 Å². The van der Waals surface area contributed by atoms with E-state index in [-0.39, 0.29) is 0 Å². The number of hydrogen-bond acceptors (Lipinski definition) is 2. The van der Waals surface area contributed by atoms with E-state index in [9.17, 15) is 0 Å². The molecule has 4 N–H and O–H groups in total. The summed E-state index contributed by atoms with van der Waals surface area (Å²) in [7, 11) is 0. The Balaban J connectivity index is 2.49. The Morgan fingerprint density at radius 1 is 1.20 bits per heavy atom. The molecule has 15 heavy (non-hydrogen) atoms. The Morgan fingerprint density at radius 2 is 2.00 bits per heavy atom. The van der Waals surface area contributed by atoms with E-state index < -0.39 is 0 Å². The van der Waals surface area contributed by atoms with Gasteiger partial charge in [-0.05, 0) is 30.7 Å². The van der Waals surface area contributed by atoms with Crippen LogP contribution in [-0.4, -0.2) is 4.57 Å². The van der Waals surface area contributed by atoms with Crippen molar-refractivity contribution in [2.75, 3.05) is 11.5 Å². The first-order valence-corrected chi connectivity index (χ1v) is 5.03. The molecule has 78 valence electrons. The largest absolute Gasteiger partial charge is 0.399 e. The van der Waals surface area contributed by atoms with Crippen LogP contribution in [0.2, 0.25) is 0 Å². The number of rotatable bonds is 2. The molecule has 2 rings (SSSR count). The molecule has 1 aromatic carbocycles. The molecule has 1 aromatic heterocycles. The molecular weight excluding hydrogens is 186 g/mol. The first kappa shape index (κ1) is 9.65. The second-order valence-corrected chi connectivity index (χ2v) is 3.53. The lowest BCUT2D eigenvalue weighted by molar-refractivity contribution is 0.780. The van der Waals surface area contributed by atoms with Crippen LogP contribution in [0, 0.1) is 0 Å². The van der Waals surface area contributed by atoms with Crippen LogP contribution in [-0.2, 0) is 6.54 Å². The van der Waals surface area contributed by atoms with Gasteiger partial charge in [0.2, 0.25) is 0 Å². The van der Waals surface area contributed by atoms with Crippen molar-refractivity contribution >= 4 is 11.5 Å². The number of nitrogens with two attached hydrogens (primary N) is 2. The minimum atomic E-state index is 0.760. The minimum Gasteiger partial charge on any atom is -0.399 e. The summed E-state index contributed by atoms with van der Waals surface area (Å²) in [6.45, 7) is 2.95. The maximum Gasteiger partial charge on any atom is 0.111 e. The highest BCUT2D eigenvalue weighted by atomic mass is 15.0. The quantitative estimate of drug-likeness (QED) is 0.733. The van der Waals surface area contributed by atoms with Gasteiger partial charge in [0.25, 0.3) is 0 Å². The molecule has 0 bridgehead atoms. The summed E-state index contributed by atoms with van der Waals surface area (Å²) in [4.78, 5) is 0. The molecule has 0 radical (unpaired) electrons. The van der Waals surface area contributed by atoms with Crippen molar-refractivity contribution in [3.63, 3.8) is 0 Å². The maximum atomic E-state index is 6.02. The van der Waals surface area contributed by atoms with Gasteiger partial charge >= 0.3 is 0 Å². The lowest BCUT2D eigenvalue weighted by Crippen LogP contribution is -1.99. The molecule has 0 saturated heterocycles. The van der Waals surface area contributed by atoms with Crippen LogP contribution in [0.15, 0.2) is 36.5 Å². The summed E-state index contributed by atoms with van der Waals surface area (Å²) < 4.78 is 2.01. The van der Waals surface area contributed by atoms with Crippen LogP contribution in [0.25, 0.3) is 11.1 Å². The summed E-state index contributed by atoms with van der Waals surface area (Å²) in [6, 6.07) is 9.78. The molecule has 0 saturated carbocycles. The van der Waals surface area contributed by atoms with Gasteiger partial charge in [-0.2, -0.15) is 0 Å². The molecule has 3 heteroatoms. The molecule has 0 amide bonds. The van der Waals surface area contributed by atoms with Crippen LogP contribution < -0.4 is 11.5 Å². The van der Waals surface area contributed by atoms with Crippen molar-refractivity contribution in [3.05, 3.63) is 36.5 Å².